The smallest absolute Gasteiger partial charge is 0.258 e. The lowest BCUT2D eigenvalue weighted by atomic mass is 10.1. The molecule has 82 valence electrons. The molecule has 0 aliphatic carbocycles. The van der Waals surface area contributed by atoms with E-state index in [1.54, 1.807) is 23.5 Å². The maximum atomic E-state index is 10.5. The third-order valence-electron chi connectivity index (χ3n) is 2.26. The Balaban J connectivity index is 2.42. The summed E-state index contributed by atoms with van der Waals surface area (Å²) in [6.07, 6.45) is 0. The van der Waals surface area contributed by atoms with Crippen molar-refractivity contribution in [2.24, 2.45) is 0 Å². The molecule has 2 rings (SSSR count). The van der Waals surface area contributed by atoms with Gasteiger partial charge in [0.25, 0.3) is 5.69 Å². The largest absolute Gasteiger partial charge is 0.269 e. The van der Waals surface area contributed by atoms with Crippen LogP contribution in [0.5, 0.6) is 0 Å². The van der Waals surface area contributed by atoms with Crippen molar-refractivity contribution in [3.05, 3.63) is 44.3 Å². The number of aryl methyl sites for hydroxylation is 2. The summed E-state index contributed by atoms with van der Waals surface area (Å²) in [5.74, 6) is 0. The number of nitro groups is 1. The molecule has 0 amide bonds. The molecule has 0 spiro atoms. The van der Waals surface area contributed by atoms with Gasteiger partial charge in [-0.1, -0.05) is 0 Å². The van der Waals surface area contributed by atoms with Crippen molar-refractivity contribution in [3.8, 4) is 11.3 Å². The highest BCUT2D eigenvalue weighted by Gasteiger charge is 2.09. The van der Waals surface area contributed by atoms with E-state index >= 15 is 0 Å². The van der Waals surface area contributed by atoms with Gasteiger partial charge in [0, 0.05) is 22.6 Å². The Labute approximate surface area is 96.7 Å². The number of aromatic nitrogens is 1. The summed E-state index contributed by atoms with van der Waals surface area (Å²) in [5, 5.41) is 11.5. The molecule has 5 heteroatoms. The summed E-state index contributed by atoms with van der Waals surface area (Å²) in [6.45, 7) is 3.95. The Hall–Kier alpha value is -1.75. The zero-order chi connectivity index (χ0) is 11.7. The fourth-order valence-corrected chi connectivity index (χ4v) is 2.38. The number of hydrogen-bond donors (Lipinski definition) is 0. The number of nitro benzene ring substituents is 1. The second-order valence-electron chi connectivity index (χ2n) is 3.44. The van der Waals surface area contributed by atoms with E-state index in [0.29, 0.717) is 0 Å². The van der Waals surface area contributed by atoms with Gasteiger partial charge in [0.2, 0.25) is 0 Å². The van der Waals surface area contributed by atoms with Crippen molar-refractivity contribution < 1.29 is 4.92 Å². The molecule has 0 aliphatic heterocycles. The first kappa shape index (κ1) is 10.8. The van der Waals surface area contributed by atoms with Crippen LogP contribution in [0.4, 0.5) is 5.69 Å². The number of thiazole rings is 1. The van der Waals surface area contributed by atoms with E-state index in [1.165, 1.54) is 12.1 Å². The standard InChI is InChI=1S/C11H10N2O2S/c1-7-11(12-8(2)16-7)9-3-5-10(6-4-9)13(14)15/h3-6H,1-2H3. The van der Waals surface area contributed by atoms with E-state index in [0.717, 1.165) is 21.1 Å². The molecule has 1 aromatic carbocycles. The normalized spacial score (nSPS) is 10.4. The van der Waals surface area contributed by atoms with Crippen LogP contribution in [0.15, 0.2) is 24.3 Å². The summed E-state index contributed by atoms with van der Waals surface area (Å²) < 4.78 is 0. The Morgan fingerprint density at radius 2 is 1.88 bits per heavy atom. The zero-order valence-corrected chi connectivity index (χ0v) is 9.75. The average molecular weight is 234 g/mol. The van der Waals surface area contributed by atoms with E-state index in [2.05, 4.69) is 4.98 Å². The maximum absolute atomic E-state index is 10.5. The minimum absolute atomic E-state index is 0.105. The Morgan fingerprint density at radius 1 is 1.25 bits per heavy atom. The quantitative estimate of drug-likeness (QED) is 0.591. The van der Waals surface area contributed by atoms with E-state index in [-0.39, 0.29) is 5.69 Å². The van der Waals surface area contributed by atoms with Crippen LogP contribution in [-0.2, 0) is 0 Å². The topological polar surface area (TPSA) is 56.0 Å². The molecule has 0 radical (unpaired) electrons. The third kappa shape index (κ3) is 1.94. The second-order valence-corrected chi connectivity index (χ2v) is 4.85. The van der Waals surface area contributed by atoms with Crippen LogP contribution in [0.1, 0.15) is 9.88 Å². The van der Waals surface area contributed by atoms with Crippen molar-refractivity contribution in [2.75, 3.05) is 0 Å². The van der Waals surface area contributed by atoms with Gasteiger partial charge in [-0.2, -0.15) is 0 Å². The summed E-state index contributed by atoms with van der Waals surface area (Å²) in [7, 11) is 0. The monoisotopic (exact) mass is 234 g/mol. The van der Waals surface area contributed by atoms with Crippen molar-refractivity contribution in [2.45, 2.75) is 13.8 Å². The van der Waals surface area contributed by atoms with Gasteiger partial charge in [-0.3, -0.25) is 10.1 Å². The van der Waals surface area contributed by atoms with Crippen molar-refractivity contribution in [1.82, 2.24) is 4.98 Å². The molecule has 16 heavy (non-hydrogen) atoms. The van der Waals surface area contributed by atoms with Gasteiger partial charge in [0.05, 0.1) is 15.6 Å². The molecule has 0 saturated carbocycles. The van der Waals surface area contributed by atoms with Crippen LogP contribution in [0.3, 0.4) is 0 Å². The fourth-order valence-electron chi connectivity index (χ4n) is 1.54. The number of benzene rings is 1. The number of rotatable bonds is 2. The highest BCUT2D eigenvalue weighted by atomic mass is 32.1. The van der Waals surface area contributed by atoms with E-state index in [9.17, 15) is 10.1 Å². The first-order valence-electron chi connectivity index (χ1n) is 4.77. The van der Waals surface area contributed by atoms with E-state index in [4.69, 9.17) is 0 Å². The Morgan fingerprint density at radius 3 is 2.31 bits per heavy atom. The summed E-state index contributed by atoms with van der Waals surface area (Å²) in [4.78, 5) is 15.6. The minimum atomic E-state index is -0.400. The highest BCUT2D eigenvalue weighted by molar-refractivity contribution is 7.11. The lowest BCUT2D eigenvalue weighted by Crippen LogP contribution is -1.87. The van der Waals surface area contributed by atoms with Gasteiger partial charge in [-0.25, -0.2) is 4.98 Å². The predicted molar refractivity (Wildman–Crippen MR) is 63.7 cm³/mol. The first-order valence-corrected chi connectivity index (χ1v) is 5.58. The SMILES string of the molecule is Cc1nc(-c2ccc([N+](=O)[O-])cc2)c(C)s1. The van der Waals surface area contributed by atoms with Gasteiger partial charge in [0.1, 0.15) is 0 Å². The molecule has 0 saturated heterocycles. The summed E-state index contributed by atoms with van der Waals surface area (Å²) in [6, 6.07) is 6.48. The molecule has 0 unspecified atom stereocenters. The van der Waals surface area contributed by atoms with E-state index in [1.807, 2.05) is 13.8 Å². The molecule has 2 aromatic rings. The minimum Gasteiger partial charge on any atom is -0.258 e. The Bertz CT molecular complexity index is 531. The van der Waals surface area contributed by atoms with Gasteiger partial charge in [0.15, 0.2) is 0 Å². The van der Waals surface area contributed by atoms with Crippen LogP contribution in [0, 0.1) is 24.0 Å². The molecule has 0 atom stereocenters. The van der Waals surface area contributed by atoms with Crippen LogP contribution in [-0.4, -0.2) is 9.91 Å². The van der Waals surface area contributed by atoms with Crippen LogP contribution in [0.2, 0.25) is 0 Å². The number of non-ortho nitro benzene ring substituents is 1. The second kappa shape index (κ2) is 4.02. The third-order valence-corrected chi connectivity index (χ3v) is 3.14. The maximum Gasteiger partial charge on any atom is 0.269 e. The van der Waals surface area contributed by atoms with Gasteiger partial charge in [-0.15, -0.1) is 11.3 Å². The molecular weight excluding hydrogens is 224 g/mol. The molecule has 0 aliphatic rings. The number of nitrogens with zero attached hydrogens (tertiary/aromatic N) is 2. The zero-order valence-electron chi connectivity index (χ0n) is 8.93. The van der Waals surface area contributed by atoms with Crippen molar-refractivity contribution in [1.29, 1.82) is 0 Å². The summed E-state index contributed by atoms with van der Waals surface area (Å²) in [5.41, 5.74) is 1.94. The average Bonchev–Trinajstić information content (AvgIpc) is 2.58. The molecule has 0 N–H and O–H groups in total. The molecular formula is C11H10N2O2S. The highest BCUT2D eigenvalue weighted by Crippen LogP contribution is 2.28. The molecule has 1 aromatic heterocycles. The summed E-state index contributed by atoms with van der Waals surface area (Å²) >= 11 is 1.63. The fraction of sp³-hybridized carbons (Fsp3) is 0.182. The van der Waals surface area contributed by atoms with Crippen molar-refractivity contribution in [3.63, 3.8) is 0 Å². The van der Waals surface area contributed by atoms with E-state index < -0.39 is 4.92 Å². The van der Waals surface area contributed by atoms with Crippen LogP contribution < -0.4 is 0 Å². The van der Waals surface area contributed by atoms with Gasteiger partial charge >= 0.3 is 0 Å². The van der Waals surface area contributed by atoms with Gasteiger partial charge < -0.3 is 0 Å². The molecule has 1 heterocycles. The van der Waals surface area contributed by atoms with Gasteiger partial charge in [-0.05, 0) is 26.0 Å². The first-order chi connectivity index (χ1) is 7.58. The Kier molecular flexibility index (Phi) is 2.70. The predicted octanol–water partition coefficient (Wildman–Crippen LogP) is 3.34. The molecule has 0 fully saturated rings. The lowest BCUT2D eigenvalue weighted by molar-refractivity contribution is -0.384. The van der Waals surface area contributed by atoms with Crippen molar-refractivity contribution >= 4 is 17.0 Å². The lowest BCUT2D eigenvalue weighted by Gasteiger charge is -1.97. The molecule has 0 bridgehead atoms. The number of hydrogen-bond acceptors (Lipinski definition) is 4. The molecule has 4 nitrogen and oxygen atoms in total. The van der Waals surface area contributed by atoms with Crippen LogP contribution >= 0.6 is 11.3 Å². The van der Waals surface area contributed by atoms with Crippen LogP contribution in [0.25, 0.3) is 11.3 Å².